The Labute approximate surface area is 147 Å². The van der Waals surface area contributed by atoms with Crippen LogP contribution in [0.25, 0.3) is 0 Å². The van der Waals surface area contributed by atoms with Gasteiger partial charge in [0.1, 0.15) is 4.90 Å². The van der Waals surface area contributed by atoms with Crippen LogP contribution in [0.1, 0.15) is 5.56 Å². The number of carbonyl (C=O) groups excluding carboxylic acids is 1. The summed E-state index contributed by atoms with van der Waals surface area (Å²) in [6.45, 7) is 1.88. The molecule has 8 heteroatoms. The van der Waals surface area contributed by atoms with Crippen molar-refractivity contribution in [2.75, 3.05) is 10.5 Å². The van der Waals surface area contributed by atoms with Crippen molar-refractivity contribution in [3.05, 3.63) is 52.5 Å². The number of nitrogens with one attached hydrogen (secondary N) is 1. The molecule has 23 heavy (non-hydrogen) atoms. The van der Waals surface area contributed by atoms with Crippen molar-refractivity contribution >= 4 is 49.3 Å². The van der Waals surface area contributed by atoms with Gasteiger partial charge < -0.3 is 5.73 Å². The number of amides is 1. The highest BCUT2D eigenvalue weighted by atomic mass is 79.9. The van der Waals surface area contributed by atoms with Gasteiger partial charge in [0.25, 0.3) is 10.0 Å². The van der Waals surface area contributed by atoms with Gasteiger partial charge in [-0.3, -0.25) is 9.52 Å². The summed E-state index contributed by atoms with van der Waals surface area (Å²) < 4.78 is 28.2. The molecule has 0 saturated heterocycles. The summed E-state index contributed by atoms with van der Waals surface area (Å²) in [5, 5.41) is 0. The monoisotopic (exact) mass is 414 g/mol. The van der Waals surface area contributed by atoms with Crippen molar-refractivity contribution in [2.45, 2.75) is 16.7 Å². The van der Waals surface area contributed by atoms with Crippen molar-refractivity contribution in [3.8, 4) is 0 Å². The maximum Gasteiger partial charge on any atom is 0.263 e. The van der Waals surface area contributed by atoms with Gasteiger partial charge in [0.2, 0.25) is 5.91 Å². The summed E-state index contributed by atoms with van der Waals surface area (Å²) in [4.78, 5) is 11.7. The Morgan fingerprint density at radius 2 is 1.96 bits per heavy atom. The lowest BCUT2D eigenvalue weighted by Gasteiger charge is -2.13. The van der Waals surface area contributed by atoms with Gasteiger partial charge in [0.05, 0.1) is 11.4 Å². The Balaban J connectivity index is 2.32. The molecule has 0 atom stereocenters. The molecule has 0 aromatic heterocycles. The molecule has 0 fully saturated rings. The fourth-order valence-corrected chi connectivity index (χ4v) is 4.93. The predicted molar refractivity (Wildman–Crippen MR) is 96.0 cm³/mol. The quantitative estimate of drug-likeness (QED) is 0.710. The van der Waals surface area contributed by atoms with Gasteiger partial charge in [-0.2, -0.15) is 0 Å². The summed E-state index contributed by atoms with van der Waals surface area (Å²) in [7, 11) is -3.75. The van der Waals surface area contributed by atoms with E-state index in [-0.39, 0.29) is 10.6 Å². The first-order chi connectivity index (χ1) is 10.8. The van der Waals surface area contributed by atoms with Gasteiger partial charge >= 0.3 is 0 Å². The minimum atomic E-state index is -3.75. The number of sulfonamides is 1. The number of hydrogen-bond acceptors (Lipinski definition) is 4. The Morgan fingerprint density at radius 1 is 1.26 bits per heavy atom. The van der Waals surface area contributed by atoms with Crippen LogP contribution in [0.3, 0.4) is 0 Å². The van der Waals surface area contributed by atoms with E-state index in [1.54, 1.807) is 42.5 Å². The lowest BCUT2D eigenvalue weighted by molar-refractivity contribution is -0.115. The van der Waals surface area contributed by atoms with Crippen molar-refractivity contribution < 1.29 is 13.2 Å². The van der Waals surface area contributed by atoms with Crippen LogP contribution in [0.15, 0.2) is 56.7 Å². The molecule has 0 unspecified atom stereocenters. The van der Waals surface area contributed by atoms with Crippen LogP contribution in [-0.2, 0) is 14.8 Å². The van der Waals surface area contributed by atoms with Crippen LogP contribution in [0.2, 0.25) is 0 Å². The number of anilines is 1. The highest BCUT2D eigenvalue weighted by molar-refractivity contribution is 9.10. The molecule has 0 aliphatic rings. The lowest BCUT2D eigenvalue weighted by atomic mass is 10.2. The Bertz CT molecular complexity index is 838. The summed E-state index contributed by atoms with van der Waals surface area (Å²) >= 11 is 4.46. The second-order valence-electron chi connectivity index (χ2n) is 4.79. The Kier molecular flexibility index (Phi) is 5.72. The molecule has 1 amide bonds. The van der Waals surface area contributed by atoms with Crippen LogP contribution in [0, 0.1) is 6.92 Å². The van der Waals surface area contributed by atoms with E-state index in [1.807, 2.05) is 6.92 Å². The van der Waals surface area contributed by atoms with E-state index < -0.39 is 15.9 Å². The average Bonchev–Trinajstić information content (AvgIpc) is 2.45. The third-order valence-electron chi connectivity index (χ3n) is 2.88. The smallest absolute Gasteiger partial charge is 0.263 e. The van der Waals surface area contributed by atoms with Crippen LogP contribution < -0.4 is 10.5 Å². The number of benzene rings is 2. The minimum Gasteiger partial charge on any atom is -0.369 e. The predicted octanol–water partition coefficient (Wildman–Crippen LogP) is 3.14. The molecule has 122 valence electrons. The van der Waals surface area contributed by atoms with Crippen LogP contribution in [-0.4, -0.2) is 20.1 Å². The number of aryl methyl sites for hydroxylation is 1. The SMILES string of the molecule is Cc1ccc(S(=O)(=O)Nc2ccccc2SCC(N)=O)c(Br)c1. The van der Waals surface area contributed by atoms with E-state index in [2.05, 4.69) is 20.7 Å². The maximum atomic E-state index is 12.6. The molecule has 2 aromatic carbocycles. The van der Waals surface area contributed by atoms with E-state index in [0.717, 1.165) is 5.56 Å². The van der Waals surface area contributed by atoms with Gasteiger partial charge in [-0.05, 0) is 52.7 Å². The Morgan fingerprint density at radius 3 is 2.61 bits per heavy atom. The largest absolute Gasteiger partial charge is 0.369 e. The van der Waals surface area contributed by atoms with E-state index in [9.17, 15) is 13.2 Å². The molecule has 5 nitrogen and oxygen atoms in total. The zero-order valence-electron chi connectivity index (χ0n) is 12.2. The number of carbonyl (C=O) groups is 1. The van der Waals surface area contributed by atoms with Crippen LogP contribution in [0.5, 0.6) is 0 Å². The molecule has 0 heterocycles. The Hall–Kier alpha value is -1.51. The van der Waals surface area contributed by atoms with E-state index in [4.69, 9.17) is 5.73 Å². The molecule has 0 bridgehead atoms. The molecule has 2 rings (SSSR count). The average molecular weight is 415 g/mol. The first kappa shape index (κ1) is 17.8. The van der Waals surface area contributed by atoms with Crippen LogP contribution in [0.4, 0.5) is 5.69 Å². The molecular formula is C15H15BrN2O3S2. The topological polar surface area (TPSA) is 89.3 Å². The zero-order chi connectivity index (χ0) is 17.0. The van der Waals surface area contributed by atoms with Gasteiger partial charge in [-0.15, -0.1) is 11.8 Å². The number of primary amides is 1. The molecule has 3 N–H and O–H groups in total. The van der Waals surface area contributed by atoms with Gasteiger partial charge in [-0.1, -0.05) is 18.2 Å². The van der Waals surface area contributed by atoms with Crippen molar-refractivity contribution in [1.82, 2.24) is 0 Å². The molecule has 0 radical (unpaired) electrons. The molecule has 0 saturated carbocycles. The van der Waals surface area contributed by atoms with E-state index in [1.165, 1.54) is 11.8 Å². The molecule has 0 aliphatic heterocycles. The summed E-state index contributed by atoms with van der Waals surface area (Å²) in [6.07, 6.45) is 0. The summed E-state index contributed by atoms with van der Waals surface area (Å²) in [6, 6.07) is 11.9. The maximum absolute atomic E-state index is 12.6. The second kappa shape index (κ2) is 7.37. The first-order valence-electron chi connectivity index (χ1n) is 6.59. The van der Waals surface area contributed by atoms with Gasteiger partial charge in [0, 0.05) is 9.37 Å². The molecule has 2 aromatic rings. The highest BCUT2D eigenvalue weighted by Crippen LogP contribution is 2.30. The number of hydrogen-bond donors (Lipinski definition) is 2. The van der Waals surface area contributed by atoms with Gasteiger partial charge in [0.15, 0.2) is 0 Å². The standard InChI is InChI=1S/C15H15BrN2O3S2/c1-10-6-7-14(11(16)8-10)23(20,21)18-12-4-2-3-5-13(12)22-9-15(17)19/h2-8,18H,9H2,1H3,(H2,17,19). The number of para-hydroxylation sites is 1. The third-order valence-corrected chi connectivity index (χ3v) is 6.32. The summed E-state index contributed by atoms with van der Waals surface area (Å²) in [5.41, 5.74) is 6.50. The normalized spacial score (nSPS) is 11.2. The fourth-order valence-electron chi connectivity index (χ4n) is 1.85. The van der Waals surface area contributed by atoms with Crippen molar-refractivity contribution in [2.24, 2.45) is 5.73 Å². The highest BCUT2D eigenvalue weighted by Gasteiger charge is 2.19. The number of nitrogens with two attached hydrogens (primary N) is 1. The van der Waals surface area contributed by atoms with E-state index >= 15 is 0 Å². The van der Waals surface area contributed by atoms with Crippen LogP contribution >= 0.6 is 27.7 Å². The number of thioether (sulfide) groups is 1. The lowest BCUT2D eigenvalue weighted by Crippen LogP contribution is -2.15. The first-order valence-corrected chi connectivity index (χ1v) is 9.85. The number of rotatable bonds is 6. The molecule has 0 aliphatic carbocycles. The van der Waals surface area contributed by atoms with Crippen molar-refractivity contribution in [3.63, 3.8) is 0 Å². The molecular weight excluding hydrogens is 400 g/mol. The van der Waals surface area contributed by atoms with Crippen molar-refractivity contribution in [1.29, 1.82) is 0 Å². The third kappa shape index (κ3) is 4.73. The zero-order valence-corrected chi connectivity index (χ0v) is 15.5. The van der Waals surface area contributed by atoms with E-state index in [0.29, 0.717) is 15.1 Å². The van der Waals surface area contributed by atoms with Gasteiger partial charge in [-0.25, -0.2) is 8.42 Å². The molecule has 0 spiro atoms. The number of halogens is 1. The second-order valence-corrected chi connectivity index (χ2v) is 8.31. The summed E-state index contributed by atoms with van der Waals surface area (Å²) in [5.74, 6) is -0.388. The minimum absolute atomic E-state index is 0.0764. The fraction of sp³-hybridized carbons (Fsp3) is 0.133.